The molecule has 0 fully saturated rings. The van der Waals surface area contributed by atoms with Crippen LogP contribution in [0.1, 0.15) is 0 Å². The van der Waals surface area contributed by atoms with Gasteiger partial charge in [0.1, 0.15) is 0 Å². The minimum atomic E-state index is -1.00. The molecule has 12 heteroatoms. The van der Waals surface area contributed by atoms with Gasteiger partial charge in [0.2, 0.25) is 5.88 Å². The lowest BCUT2D eigenvalue weighted by Gasteiger charge is -2.13. The number of fused-ring (bicyclic) bond motifs is 2. The fourth-order valence-corrected chi connectivity index (χ4v) is 3.54. The Labute approximate surface area is 186 Å². The van der Waals surface area contributed by atoms with E-state index in [2.05, 4.69) is 26.8 Å². The number of hydrogen-bond donors (Lipinski definition) is 3. The van der Waals surface area contributed by atoms with E-state index in [1.54, 1.807) is 24.3 Å². The van der Waals surface area contributed by atoms with Gasteiger partial charge in [0, 0.05) is 19.5 Å². The van der Waals surface area contributed by atoms with E-state index in [4.69, 9.17) is 4.74 Å². The highest BCUT2D eigenvalue weighted by Crippen LogP contribution is 2.36. The standard InChI is InChI=1S/C21H23N7O5/c1-4-9-33-11-12(29)10-28-16-17(26(2)21(32)27(3)19(16)31)23-20(28)25-24-15-13-7-5-6-8-14(13)22-18(15)30/h4-8,12,22,29-30H,1,9-11H2,2-3H3. The number of nitrogens with zero attached hydrogens (tertiary/aromatic N) is 6. The van der Waals surface area contributed by atoms with Gasteiger partial charge in [0.25, 0.3) is 11.5 Å². The number of aliphatic hydroxyl groups excluding tert-OH is 1. The van der Waals surface area contributed by atoms with Crippen molar-refractivity contribution in [3.8, 4) is 5.88 Å². The van der Waals surface area contributed by atoms with Gasteiger partial charge in [0.15, 0.2) is 16.9 Å². The molecule has 3 N–H and O–H groups in total. The third-order valence-electron chi connectivity index (χ3n) is 5.17. The lowest BCUT2D eigenvalue weighted by molar-refractivity contribution is 0.0404. The van der Waals surface area contributed by atoms with Crippen LogP contribution in [0.25, 0.3) is 22.1 Å². The van der Waals surface area contributed by atoms with Crippen molar-refractivity contribution in [2.24, 2.45) is 24.3 Å². The van der Waals surface area contributed by atoms with Crippen molar-refractivity contribution in [1.82, 2.24) is 23.7 Å². The summed E-state index contributed by atoms with van der Waals surface area (Å²) < 4.78 is 8.85. The molecular formula is C21H23N7O5. The largest absolute Gasteiger partial charge is 0.493 e. The van der Waals surface area contributed by atoms with Crippen LogP contribution in [0.3, 0.4) is 0 Å². The van der Waals surface area contributed by atoms with Crippen molar-refractivity contribution >= 4 is 33.7 Å². The number of ether oxygens (including phenoxy) is 1. The lowest BCUT2D eigenvalue weighted by Crippen LogP contribution is -2.38. The number of aromatic hydroxyl groups is 1. The maximum atomic E-state index is 12.9. The van der Waals surface area contributed by atoms with Gasteiger partial charge in [-0.1, -0.05) is 24.3 Å². The highest BCUT2D eigenvalue weighted by molar-refractivity contribution is 5.94. The van der Waals surface area contributed by atoms with Gasteiger partial charge < -0.3 is 19.9 Å². The molecule has 0 amide bonds. The summed E-state index contributed by atoms with van der Waals surface area (Å²) in [5.41, 5.74) is -0.0933. The molecule has 33 heavy (non-hydrogen) atoms. The summed E-state index contributed by atoms with van der Waals surface area (Å²) in [5.74, 6) is -0.195. The quantitative estimate of drug-likeness (QED) is 0.209. The number of aryl methyl sites for hydroxylation is 1. The Balaban J connectivity index is 1.85. The summed E-state index contributed by atoms with van der Waals surface area (Å²) in [6, 6.07) is 7.15. The third-order valence-corrected chi connectivity index (χ3v) is 5.17. The highest BCUT2D eigenvalue weighted by atomic mass is 16.5. The highest BCUT2D eigenvalue weighted by Gasteiger charge is 2.21. The van der Waals surface area contributed by atoms with E-state index in [1.165, 1.54) is 23.2 Å². The third kappa shape index (κ3) is 3.97. The fourth-order valence-electron chi connectivity index (χ4n) is 3.54. The molecule has 1 aromatic carbocycles. The normalized spacial score (nSPS) is 12.8. The summed E-state index contributed by atoms with van der Waals surface area (Å²) in [6.07, 6.45) is 0.553. The van der Waals surface area contributed by atoms with E-state index in [0.29, 0.717) is 10.9 Å². The van der Waals surface area contributed by atoms with Crippen molar-refractivity contribution in [3.63, 3.8) is 0 Å². The summed E-state index contributed by atoms with van der Waals surface area (Å²) >= 11 is 0. The van der Waals surface area contributed by atoms with Gasteiger partial charge in [-0.25, -0.2) is 4.79 Å². The topological polar surface area (TPSA) is 152 Å². The molecule has 1 unspecified atom stereocenters. The fraction of sp³-hybridized carbons (Fsp3) is 0.286. The van der Waals surface area contributed by atoms with Crippen LogP contribution < -0.4 is 11.2 Å². The summed E-state index contributed by atoms with van der Waals surface area (Å²) in [7, 11) is 2.84. The minimum Gasteiger partial charge on any atom is -0.493 e. The molecule has 0 radical (unpaired) electrons. The summed E-state index contributed by atoms with van der Waals surface area (Å²) in [4.78, 5) is 32.4. The predicted octanol–water partition coefficient (Wildman–Crippen LogP) is 1.60. The number of para-hydroxylation sites is 1. The molecule has 0 aliphatic carbocycles. The Morgan fingerprint density at radius 3 is 2.76 bits per heavy atom. The second-order valence-corrected chi connectivity index (χ2v) is 7.45. The number of nitrogens with one attached hydrogen (secondary N) is 1. The van der Waals surface area contributed by atoms with Crippen LogP contribution in [0.2, 0.25) is 0 Å². The average molecular weight is 453 g/mol. The van der Waals surface area contributed by atoms with Crippen LogP contribution in [0.5, 0.6) is 5.88 Å². The number of rotatable bonds is 8. The SMILES string of the molecule is C=CCOCC(O)Cn1c(N=Nc2c(O)[nH]c3ccccc23)nc2c1c(=O)n(C)c(=O)n2C. The molecule has 0 aliphatic heterocycles. The predicted molar refractivity (Wildman–Crippen MR) is 121 cm³/mol. The van der Waals surface area contributed by atoms with E-state index in [-0.39, 0.29) is 48.4 Å². The monoisotopic (exact) mass is 453 g/mol. The zero-order chi connectivity index (χ0) is 23.7. The number of aromatic nitrogens is 5. The molecule has 172 valence electrons. The van der Waals surface area contributed by atoms with E-state index in [9.17, 15) is 19.8 Å². The van der Waals surface area contributed by atoms with Crippen LogP contribution in [0.4, 0.5) is 11.6 Å². The molecule has 0 bridgehead atoms. The number of H-pyrrole nitrogens is 1. The van der Waals surface area contributed by atoms with Crippen molar-refractivity contribution in [3.05, 3.63) is 57.8 Å². The van der Waals surface area contributed by atoms with Gasteiger partial charge in [-0.3, -0.25) is 18.5 Å². The van der Waals surface area contributed by atoms with Gasteiger partial charge >= 0.3 is 5.69 Å². The molecule has 1 atom stereocenters. The Hall–Kier alpha value is -4.03. The molecular weight excluding hydrogens is 430 g/mol. The first-order valence-electron chi connectivity index (χ1n) is 10.1. The van der Waals surface area contributed by atoms with Crippen LogP contribution in [-0.2, 0) is 25.4 Å². The van der Waals surface area contributed by atoms with E-state index in [0.717, 1.165) is 4.57 Å². The van der Waals surface area contributed by atoms with Crippen LogP contribution in [-0.4, -0.2) is 53.2 Å². The number of hydrogen-bond acceptors (Lipinski definition) is 8. The minimum absolute atomic E-state index is 0.0163. The molecule has 0 saturated heterocycles. The number of aromatic amines is 1. The number of imidazole rings is 1. The Morgan fingerprint density at radius 1 is 1.24 bits per heavy atom. The molecule has 4 aromatic rings. The van der Waals surface area contributed by atoms with Crippen molar-refractivity contribution in [2.75, 3.05) is 13.2 Å². The first-order valence-corrected chi connectivity index (χ1v) is 10.1. The van der Waals surface area contributed by atoms with E-state index in [1.807, 2.05) is 6.07 Å². The Morgan fingerprint density at radius 2 is 2.00 bits per heavy atom. The second-order valence-electron chi connectivity index (χ2n) is 7.45. The van der Waals surface area contributed by atoms with Crippen molar-refractivity contribution in [1.29, 1.82) is 0 Å². The molecule has 3 aromatic heterocycles. The summed E-state index contributed by atoms with van der Waals surface area (Å²) in [5, 5.41) is 29.6. The Kier molecular flexibility index (Phi) is 5.94. The van der Waals surface area contributed by atoms with Crippen LogP contribution >= 0.6 is 0 Å². The zero-order valence-corrected chi connectivity index (χ0v) is 18.1. The van der Waals surface area contributed by atoms with Gasteiger partial charge in [0.05, 0.1) is 31.4 Å². The maximum absolute atomic E-state index is 12.9. The van der Waals surface area contributed by atoms with E-state index < -0.39 is 17.4 Å². The molecule has 3 heterocycles. The molecule has 12 nitrogen and oxygen atoms in total. The first kappa shape index (κ1) is 22.2. The van der Waals surface area contributed by atoms with Gasteiger partial charge in [-0.05, 0) is 6.07 Å². The molecule has 0 saturated carbocycles. The van der Waals surface area contributed by atoms with Crippen LogP contribution in [0.15, 0.2) is 56.7 Å². The second kappa shape index (κ2) is 8.84. The molecule has 4 rings (SSSR count). The lowest BCUT2D eigenvalue weighted by atomic mass is 10.2. The molecule has 0 aliphatic rings. The number of aliphatic hydroxyl groups is 1. The van der Waals surface area contributed by atoms with E-state index >= 15 is 0 Å². The Bertz CT molecular complexity index is 1490. The average Bonchev–Trinajstić information content (AvgIpc) is 3.31. The van der Waals surface area contributed by atoms with Gasteiger partial charge in [-0.2, -0.15) is 4.98 Å². The van der Waals surface area contributed by atoms with Crippen molar-refractivity contribution < 1.29 is 14.9 Å². The number of azo groups is 1. The van der Waals surface area contributed by atoms with Gasteiger partial charge in [-0.15, -0.1) is 16.8 Å². The van der Waals surface area contributed by atoms with Crippen molar-refractivity contribution in [2.45, 2.75) is 12.6 Å². The zero-order valence-electron chi connectivity index (χ0n) is 18.1. The van der Waals surface area contributed by atoms with Crippen LogP contribution in [0, 0.1) is 0 Å². The first-order chi connectivity index (χ1) is 15.8. The maximum Gasteiger partial charge on any atom is 0.332 e. The number of benzene rings is 1. The molecule has 0 spiro atoms. The summed E-state index contributed by atoms with van der Waals surface area (Å²) in [6.45, 7) is 3.71. The smallest absolute Gasteiger partial charge is 0.332 e.